The van der Waals surface area contributed by atoms with Gasteiger partial charge in [-0.1, -0.05) is 32.4 Å². The molecule has 0 heterocycles. The van der Waals surface area contributed by atoms with Crippen LogP contribution in [-0.4, -0.2) is 36.6 Å². The van der Waals surface area contributed by atoms with E-state index in [1.165, 1.54) is 0 Å². The van der Waals surface area contributed by atoms with E-state index in [1.807, 2.05) is 0 Å². The van der Waals surface area contributed by atoms with Crippen LogP contribution in [0.4, 0.5) is 0 Å². The number of aliphatic hydroxyl groups is 2. The van der Waals surface area contributed by atoms with Gasteiger partial charge in [-0.2, -0.15) is 0 Å². The Bertz CT molecular complexity index is 209. The fourth-order valence-electron chi connectivity index (χ4n) is 1.42. The highest BCUT2D eigenvalue weighted by Gasteiger charge is 2.12. The van der Waals surface area contributed by atoms with E-state index in [0.717, 1.165) is 18.4 Å². The molecule has 0 spiro atoms. The normalized spacial score (nSPS) is 14.0. The molecular weight excluding hydrogens is 192 g/mol. The second kappa shape index (κ2) is 8.65. The molecule has 1 atom stereocenters. The van der Waals surface area contributed by atoms with E-state index < -0.39 is 6.10 Å². The van der Waals surface area contributed by atoms with Crippen molar-refractivity contribution in [2.24, 2.45) is 0 Å². The van der Waals surface area contributed by atoms with Gasteiger partial charge in [-0.15, -0.1) is 0 Å². The van der Waals surface area contributed by atoms with E-state index in [-0.39, 0.29) is 6.61 Å². The minimum Gasteiger partial charge on any atom is -0.392 e. The quantitative estimate of drug-likeness (QED) is 0.604. The Morgan fingerprint density at radius 2 is 2.20 bits per heavy atom. The number of rotatable bonds is 8. The zero-order chi connectivity index (χ0) is 11.7. The van der Waals surface area contributed by atoms with Crippen LogP contribution in [0.25, 0.3) is 0 Å². The van der Waals surface area contributed by atoms with Crippen LogP contribution in [0.3, 0.4) is 0 Å². The van der Waals surface area contributed by atoms with Crippen molar-refractivity contribution in [2.45, 2.75) is 32.3 Å². The van der Waals surface area contributed by atoms with Crippen molar-refractivity contribution in [3.63, 3.8) is 0 Å². The largest absolute Gasteiger partial charge is 0.392 e. The number of hydrogen-bond donors (Lipinski definition) is 2. The Kier molecular flexibility index (Phi) is 8.28. The maximum Gasteiger partial charge on any atom is 0.0791 e. The number of aliphatic hydroxyl groups excluding tert-OH is 2. The average molecular weight is 214 g/mol. The van der Waals surface area contributed by atoms with Gasteiger partial charge in [0.25, 0.3) is 0 Å². The molecule has 0 saturated carbocycles. The molecule has 0 aromatic rings. The first kappa shape index (κ1) is 14.4. The molecule has 0 aliphatic rings. The molecule has 0 aliphatic heterocycles. The highest BCUT2D eigenvalue weighted by atomic mass is 16.5. The second-order valence-electron chi connectivity index (χ2n) is 3.54. The molecule has 3 nitrogen and oxygen atoms in total. The lowest BCUT2D eigenvalue weighted by Gasteiger charge is -2.16. The van der Waals surface area contributed by atoms with Gasteiger partial charge in [0.15, 0.2) is 0 Å². The summed E-state index contributed by atoms with van der Waals surface area (Å²) in [6.07, 6.45) is 3.76. The zero-order valence-corrected chi connectivity index (χ0v) is 9.70. The SMILES string of the molecule is C=C(COC)/C(=C/CO)C(O)CCCC. The Balaban J connectivity index is 4.37. The first-order valence-electron chi connectivity index (χ1n) is 5.33. The van der Waals surface area contributed by atoms with Crippen molar-refractivity contribution in [2.75, 3.05) is 20.3 Å². The molecule has 1 unspecified atom stereocenters. The van der Waals surface area contributed by atoms with Crippen LogP contribution in [0.15, 0.2) is 23.8 Å². The van der Waals surface area contributed by atoms with E-state index >= 15 is 0 Å². The van der Waals surface area contributed by atoms with Gasteiger partial charge in [0.05, 0.1) is 19.3 Å². The lowest BCUT2D eigenvalue weighted by molar-refractivity contribution is 0.187. The lowest BCUT2D eigenvalue weighted by atomic mass is 9.98. The van der Waals surface area contributed by atoms with Crippen LogP contribution in [0.1, 0.15) is 26.2 Å². The summed E-state index contributed by atoms with van der Waals surface area (Å²) in [7, 11) is 1.58. The van der Waals surface area contributed by atoms with E-state index in [1.54, 1.807) is 13.2 Å². The van der Waals surface area contributed by atoms with Gasteiger partial charge >= 0.3 is 0 Å². The molecule has 0 fully saturated rings. The van der Waals surface area contributed by atoms with Crippen molar-refractivity contribution in [1.82, 2.24) is 0 Å². The van der Waals surface area contributed by atoms with Crippen LogP contribution in [-0.2, 0) is 4.74 Å². The smallest absolute Gasteiger partial charge is 0.0791 e. The number of hydrogen-bond acceptors (Lipinski definition) is 3. The fraction of sp³-hybridized carbons (Fsp3) is 0.667. The standard InChI is InChI=1S/C12H22O3/c1-4-5-6-12(14)11(7-8-13)10(2)9-15-3/h7,12-14H,2,4-6,8-9H2,1,3H3/b11-7-. The van der Waals surface area contributed by atoms with Gasteiger partial charge < -0.3 is 14.9 Å². The summed E-state index contributed by atoms with van der Waals surface area (Å²) >= 11 is 0. The van der Waals surface area contributed by atoms with Gasteiger partial charge in [0.1, 0.15) is 0 Å². The number of unbranched alkanes of at least 4 members (excludes halogenated alkanes) is 1. The minimum absolute atomic E-state index is 0.0821. The molecule has 0 radical (unpaired) electrons. The third-order valence-corrected chi connectivity index (χ3v) is 2.23. The minimum atomic E-state index is -0.542. The third-order valence-electron chi connectivity index (χ3n) is 2.23. The van der Waals surface area contributed by atoms with Crippen LogP contribution in [0, 0.1) is 0 Å². The molecule has 0 aliphatic carbocycles. The van der Waals surface area contributed by atoms with Crippen molar-refractivity contribution in [3.8, 4) is 0 Å². The summed E-state index contributed by atoms with van der Waals surface area (Å²) < 4.78 is 4.95. The molecule has 0 aromatic heterocycles. The summed E-state index contributed by atoms with van der Waals surface area (Å²) in [4.78, 5) is 0. The Morgan fingerprint density at radius 3 is 2.67 bits per heavy atom. The summed E-state index contributed by atoms with van der Waals surface area (Å²) in [5, 5.41) is 18.7. The monoisotopic (exact) mass is 214 g/mol. The number of ether oxygens (including phenoxy) is 1. The van der Waals surface area contributed by atoms with Crippen LogP contribution >= 0.6 is 0 Å². The Morgan fingerprint density at radius 1 is 1.53 bits per heavy atom. The molecule has 0 rings (SSSR count). The predicted octanol–water partition coefficient (Wildman–Crippen LogP) is 1.66. The Labute approximate surface area is 92.1 Å². The van der Waals surface area contributed by atoms with Crippen molar-refractivity contribution < 1.29 is 14.9 Å². The lowest BCUT2D eigenvalue weighted by Crippen LogP contribution is -2.14. The molecular formula is C12H22O3. The molecule has 0 amide bonds. The van der Waals surface area contributed by atoms with Gasteiger partial charge in [-0.3, -0.25) is 0 Å². The number of methoxy groups -OCH3 is 1. The van der Waals surface area contributed by atoms with E-state index in [2.05, 4.69) is 13.5 Å². The maximum absolute atomic E-state index is 9.87. The molecule has 15 heavy (non-hydrogen) atoms. The van der Waals surface area contributed by atoms with Crippen molar-refractivity contribution >= 4 is 0 Å². The van der Waals surface area contributed by atoms with Crippen molar-refractivity contribution in [3.05, 3.63) is 23.8 Å². The fourth-order valence-corrected chi connectivity index (χ4v) is 1.42. The summed E-state index contributed by atoms with van der Waals surface area (Å²) in [5.74, 6) is 0. The molecule has 3 heteroatoms. The zero-order valence-electron chi connectivity index (χ0n) is 9.70. The summed E-state index contributed by atoms with van der Waals surface area (Å²) in [6.45, 7) is 6.21. The van der Waals surface area contributed by atoms with Crippen LogP contribution < -0.4 is 0 Å². The first-order chi connectivity index (χ1) is 7.17. The van der Waals surface area contributed by atoms with Crippen LogP contribution in [0.5, 0.6) is 0 Å². The van der Waals surface area contributed by atoms with E-state index in [9.17, 15) is 5.11 Å². The summed E-state index contributed by atoms with van der Waals surface area (Å²) in [5.41, 5.74) is 1.43. The predicted molar refractivity (Wildman–Crippen MR) is 61.7 cm³/mol. The molecule has 0 saturated heterocycles. The van der Waals surface area contributed by atoms with Gasteiger partial charge in [0, 0.05) is 7.11 Å². The maximum atomic E-state index is 9.87. The van der Waals surface area contributed by atoms with Gasteiger partial charge in [-0.25, -0.2) is 0 Å². The van der Waals surface area contributed by atoms with Gasteiger partial charge in [0.2, 0.25) is 0 Å². The highest BCUT2D eigenvalue weighted by molar-refractivity contribution is 5.32. The van der Waals surface area contributed by atoms with Crippen LogP contribution in [0.2, 0.25) is 0 Å². The van der Waals surface area contributed by atoms with E-state index in [0.29, 0.717) is 18.6 Å². The third kappa shape index (κ3) is 5.72. The molecule has 0 bridgehead atoms. The Hall–Kier alpha value is -0.640. The van der Waals surface area contributed by atoms with Gasteiger partial charge in [-0.05, 0) is 17.6 Å². The topological polar surface area (TPSA) is 49.7 Å². The summed E-state index contributed by atoms with van der Waals surface area (Å²) in [6, 6.07) is 0. The average Bonchev–Trinajstić information content (AvgIpc) is 2.22. The molecule has 2 N–H and O–H groups in total. The van der Waals surface area contributed by atoms with Crippen molar-refractivity contribution in [1.29, 1.82) is 0 Å². The molecule has 88 valence electrons. The van der Waals surface area contributed by atoms with E-state index in [4.69, 9.17) is 9.84 Å². The highest BCUT2D eigenvalue weighted by Crippen LogP contribution is 2.17. The first-order valence-corrected chi connectivity index (χ1v) is 5.33. The molecule has 0 aromatic carbocycles. The second-order valence-corrected chi connectivity index (χ2v) is 3.54.